The molecule has 0 bridgehead atoms. The first-order chi connectivity index (χ1) is 11.6. The molecule has 1 aromatic heterocycles. The predicted molar refractivity (Wildman–Crippen MR) is 82.8 cm³/mol. The summed E-state index contributed by atoms with van der Waals surface area (Å²) in [4.78, 5) is 28.4. The van der Waals surface area contributed by atoms with Crippen LogP contribution in [0.5, 0.6) is 5.88 Å². The summed E-state index contributed by atoms with van der Waals surface area (Å²) in [5.41, 5.74) is -0.586. The molecule has 0 fully saturated rings. The number of para-hydroxylation sites is 1. The highest BCUT2D eigenvalue weighted by Crippen LogP contribution is 2.24. The molecule has 3 aromatic rings. The molecule has 0 saturated heterocycles. The van der Waals surface area contributed by atoms with Gasteiger partial charge in [-0.15, -0.1) is 0 Å². The lowest BCUT2D eigenvalue weighted by Crippen LogP contribution is -2.24. The van der Waals surface area contributed by atoms with E-state index in [0.717, 1.165) is 10.7 Å². The van der Waals surface area contributed by atoms with Crippen LogP contribution in [0, 0.1) is 5.82 Å². The van der Waals surface area contributed by atoms with E-state index in [1.54, 1.807) is 24.3 Å². The van der Waals surface area contributed by atoms with Gasteiger partial charge in [-0.1, -0.05) is 24.3 Å². The molecule has 1 aliphatic heterocycles. The number of nitrogens with zero attached hydrogens (tertiary/aromatic N) is 2. The maximum Gasteiger partial charge on any atom is 0.279 e. The van der Waals surface area contributed by atoms with Gasteiger partial charge < -0.3 is 5.11 Å². The van der Waals surface area contributed by atoms with Crippen LogP contribution in [0.2, 0.25) is 0 Å². The highest BCUT2D eigenvalue weighted by atomic mass is 19.1. The number of aromatic nitrogens is 2. The van der Waals surface area contributed by atoms with E-state index in [1.165, 1.54) is 18.2 Å². The summed E-state index contributed by atoms with van der Waals surface area (Å²) >= 11 is 0. The largest absolute Gasteiger partial charge is 0.493 e. The van der Waals surface area contributed by atoms with Gasteiger partial charge >= 0.3 is 0 Å². The van der Waals surface area contributed by atoms with E-state index in [9.17, 15) is 19.1 Å². The minimum atomic E-state index is -0.660. The van der Waals surface area contributed by atoms with Crippen molar-refractivity contribution in [2.75, 3.05) is 0 Å². The Kier molecular flexibility index (Phi) is 2.96. The Morgan fingerprint density at radius 3 is 2.67 bits per heavy atom. The third-order valence-corrected chi connectivity index (χ3v) is 3.80. The van der Waals surface area contributed by atoms with E-state index in [2.05, 4.69) is 10.1 Å². The molecule has 2 heterocycles. The summed E-state index contributed by atoms with van der Waals surface area (Å²) in [6.45, 7) is 0. The average Bonchev–Trinajstić information content (AvgIpc) is 3.03. The van der Waals surface area contributed by atoms with Crippen LogP contribution >= 0.6 is 0 Å². The quantitative estimate of drug-likeness (QED) is 0.714. The summed E-state index contributed by atoms with van der Waals surface area (Å²) in [5, 5.41) is 13.8. The van der Waals surface area contributed by atoms with E-state index in [-0.39, 0.29) is 16.8 Å². The lowest BCUT2D eigenvalue weighted by atomic mass is 10.1. The lowest BCUT2D eigenvalue weighted by Gasteiger charge is -2.04. The molecule has 0 unspecified atom stereocenters. The molecule has 1 aliphatic rings. The number of fused-ring (bicyclic) bond motifs is 1. The highest BCUT2D eigenvalue weighted by Gasteiger charge is 2.27. The first-order valence-electron chi connectivity index (χ1n) is 7.09. The van der Waals surface area contributed by atoms with E-state index < -0.39 is 23.2 Å². The summed E-state index contributed by atoms with van der Waals surface area (Å²) in [6, 6.07) is 12.1. The molecule has 6 nitrogen and oxygen atoms in total. The van der Waals surface area contributed by atoms with Crippen LogP contribution in [-0.2, 0) is 4.79 Å². The number of hydrogen-bond donors (Lipinski definition) is 2. The fourth-order valence-electron chi connectivity index (χ4n) is 2.76. The zero-order valence-electron chi connectivity index (χ0n) is 12.2. The fraction of sp³-hybridized carbons (Fsp3) is 0. The monoisotopic (exact) mass is 323 g/mol. The molecule has 2 N–H and O–H groups in total. The third kappa shape index (κ3) is 1.98. The smallest absolute Gasteiger partial charge is 0.279 e. The van der Waals surface area contributed by atoms with Crippen molar-refractivity contribution in [3.05, 3.63) is 80.8 Å². The molecule has 1 amide bonds. The molecule has 24 heavy (non-hydrogen) atoms. The number of carbonyl (C=O) groups is 1. The number of hydrogen-bond acceptors (Lipinski definition) is 3. The molecular weight excluding hydrogens is 313 g/mol. The summed E-state index contributed by atoms with van der Waals surface area (Å²) < 4.78 is 14.4. The van der Waals surface area contributed by atoms with Gasteiger partial charge in [-0.3, -0.25) is 14.7 Å². The fourth-order valence-corrected chi connectivity index (χ4v) is 2.76. The Balaban J connectivity index is 2.02. The van der Waals surface area contributed by atoms with Gasteiger partial charge in [0.2, 0.25) is 5.88 Å². The van der Waals surface area contributed by atoms with Gasteiger partial charge in [0.1, 0.15) is 11.4 Å². The molecule has 118 valence electrons. The van der Waals surface area contributed by atoms with Crippen molar-refractivity contribution in [3.8, 4) is 11.6 Å². The van der Waals surface area contributed by atoms with Crippen LogP contribution in [-0.4, -0.2) is 20.8 Å². The first kappa shape index (κ1) is 14.1. The van der Waals surface area contributed by atoms with Crippen LogP contribution in [0.1, 0.15) is 5.56 Å². The maximum atomic E-state index is 13.4. The van der Waals surface area contributed by atoms with E-state index in [1.807, 2.05) is 0 Å². The van der Waals surface area contributed by atoms with Crippen LogP contribution in [0.25, 0.3) is 11.3 Å². The van der Waals surface area contributed by atoms with Crippen molar-refractivity contribution in [1.29, 1.82) is 0 Å². The zero-order chi connectivity index (χ0) is 16.8. The Bertz CT molecular complexity index is 1170. The zero-order valence-corrected chi connectivity index (χ0v) is 12.2. The van der Waals surface area contributed by atoms with E-state index in [4.69, 9.17) is 0 Å². The average molecular weight is 323 g/mol. The summed E-state index contributed by atoms with van der Waals surface area (Å²) in [7, 11) is 0. The number of carbonyl (C=O) groups excluding carboxylic acids is 1. The highest BCUT2D eigenvalue weighted by molar-refractivity contribution is 6.21. The van der Waals surface area contributed by atoms with Gasteiger partial charge in [0.05, 0.1) is 16.6 Å². The summed E-state index contributed by atoms with van der Waals surface area (Å²) in [6.07, 6.45) is 0. The minimum absolute atomic E-state index is 0.0273. The molecule has 7 heteroatoms. The first-order valence-corrected chi connectivity index (χ1v) is 7.09. The van der Waals surface area contributed by atoms with Gasteiger partial charge in [-0.05, 0) is 24.3 Å². The number of aromatic hydroxyl groups is 1. The number of rotatable bonds is 2. The predicted octanol–water partition coefficient (Wildman–Crippen LogP) is 0.369. The SMILES string of the molecule is O=C1N=c2ccccc2=C1c1c(O)n(-c2cccc(F)c2)[nH]c1=O. The second-order valence-electron chi connectivity index (χ2n) is 5.26. The molecule has 0 saturated carbocycles. The van der Waals surface area contributed by atoms with E-state index in [0.29, 0.717) is 10.6 Å². The van der Waals surface area contributed by atoms with Crippen LogP contribution in [0.15, 0.2) is 58.3 Å². The molecule has 4 rings (SSSR count). The Hall–Kier alpha value is -3.48. The van der Waals surface area contributed by atoms with Gasteiger partial charge in [0.15, 0.2) is 0 Å². The molecule has 2 aromatic carbocycles. The van der Waals surface area contributed by atoms with Crippen molar-refractivity contribution in [2.45, 2.75) is 0 Å². The molecule has 0 atom stereocenters. The minimum Gasteiger partial charge on any atom is -0.493 e. The number of aromatic amines is 1. The third-order valence-electron chi connectivity index (χ3n) is 3.80. The Labute approximate surface area is 133 Å². The Morgan fingerprint density at radius 1 is 1.08 bits per heavy atom. The standard InChI is InChI=1S/C17H10FN3O3/c18-9-4-3-5-10(8-9)21-17(24)14(16(23)20-21)13-11-6-1-2-7-12(11)19-15(13)22/h1-8,24H,(H,20,23). The molecule has 0 aliphatic carbocycles. The second-order valence-corrected chi connectivity index (χ2v) is 5.26. The van der Waals surface area contributed by atoms with Crippen molar-refractivity contribution >= 4 is 11.5 Å². The van der Waals surface area contributed by atoms with Crippen LogP contribution < -0.4 is 16.1 Å². The molecule has 0 spiro atoms. The van der Waals surface area contributed by atoms with Crippen molar-refractivity contribution in [3.63, 3.8) is 0 Å². The topological polar surface area (TPSA) is 87.4 Å². The van der Waals surface area contributed by atoms with Crippen molar-refractivity contribution in [1.82, 2.24) is 9.78 Å². The van der Waals surface area contributed by atoms with Gasteiger partial charge in [0, 0.05) is 5.22 Å². The van der Waals surface area contributed by atoms with Crippen LogP contribution in [0.3, 0.4) is 0 Å². The van der Waals surface area contributed by atoms with Gasteiger partial charge in [-0.2, -0.15) is 0 Å². The normalized spacial score (nSPS) is 13.0. The van der Waals surface area contributed by atoms with Crippen LogP contribution in [0.4, 0.5) is 4.39 Å². The van der Waals surface area contributed by atoms with Crippen molar-refractivity contribution < 1.29 is 14.3 Å². The number of H-pyrrole nitrogens is 1. The molecular formula is C17H10FN3O3. The lowest BCUT2D eigenvalue weighted by molar-refractivity contribution is -0.112. The number of halogens is 1. The molecule has 0 radical (unpaired) electrons. The maximum absolute atomic E-state index is 13.4. The van der Waals surface area contributed by atoms with Crippen molar-refractivity contribution in [2.24, 2.45) is 4.99 Å². The van der Waals surface area contributed by atoms with E-state index >= 15 is 0 Å². The number of benzene rings is 2. The second kappa shape index (κ2) is 5.02. The van der Waals surface area contributed by atoms with Gasteiger partial charge in [0.25, 0.3) is 11.5 Å². The Morgan fingerprint density at radius 2 is 1.88 bits per heavy atom. The summed E-state index contributed by atoms with van der Waals surface area (Å²) in [5.74, 6) is -1.59. The van der Waals surface area contributed by atoms with Gasteiger partial charge in [-0.25, -0.2) is 14.1 Å². The number of nitrogens with one attached hydrogen (secondary N) is 1. The number of amides is 1.